The highest BCUT2D eigenvalue weighted by atomic mass is 35.5. The van der Waals surface area contributed by atoms with Gasteiger partial charge in [-0.15, -0.1) is 5.10 Å². The summed E-state index contributed by atoms with van der Waals surface area (Å²) in [5, 5.41) is 8.91. The fourth-order valence-corrected chi connectivity index (χ4v) is 4.42. The fourth-order valence-electron chi connectivity index (χ4n) is 4.22. The topological polar surface area (TPSA) is 51.0 Å². The number of hydrogen-bond donors (Lipinski definition) is 0. The van der Waals surface area contributed by atoms with E-state index in [-0.39, 0.29) is 5.91 Å². The summed E-state index contributed by atoms with van der Waals surface area (Å²) < 4.78 is 1.68. The molecule has 25 heavy (non-hydrogen) atoms. The Morgan fingerprint density at radius 3 is 2.80 bits per heavy atom. The lowest BCUT2D eigenvalue weighted by atomic mass is 9.75. The molecule has 1 aliphatic carbocycles. The van der Waals surface area contributed by atoms with Crippen molar-refractivity contribution in [3.8, 4) is 0 Å². The lowest BCUT2D eigenvalue weighted by Gasteiger charge is -2.41. The number of halogens is 1. The smallest absolute Gasteiger partial charge is 0.276 e. The molecule has 1 amide bonds. The minimum Gasteiger partial charge on any atom is -0.337 e. The average molecular weight is 359 g/mol. The largest absolute Gasteiger partial charge is 0.337 e. The van der Waals surface area contributed by atoms with Gasteiger partial charge in [0.25, 0.3) is 5.91 Å². The summed E-state index contributed by atoms with van der Waals surface area (Å²) in [7, 11) is 0. The molecule has 0 radical (unpaired) electrons. The van der Waals surface area contributed by atoms with Gasteiger partial charge in [-0.3, -0.25) is 4.79 Å². The number of nitrogens with zero attached hydrogens (tertiary/aromatic N) is 4. The molecule has 132 valence electrons. The normalized spacial score (nSPS) is 23.3. The number of amides is 1. The van der Waals surface area contributed by atoms with E-state index in [1.807, 2.05) is 29.2 Å². The van der Waals surface area contributed by atoms with Crippen LogP contribution in [0, 0.1) is 11.8 Å². The van der Waals surface area contributed by atoms with Gasteiger partial charge in [0.1, 0.15) is 0 Å². The second kappa shape index (κ2) is 7.16. The minimum atomic E-state index is 0.00873. The van der Waals surface area contributed by atoms with Gasteiger partial charge in [0.2, 0.25) is 0 Å². The second-order valence-electron chi connectivity index (χ2n) is 7.24. The Hall–Kier alpha value is -1.88. The van der Waals surface area contributed by atoms with Crippen molar-refractivity contribution in [1.29, 1.82) is 0 Å². The molecular formula is C19H23ClN4O. The maximum Gasteiger partial charge on any atom is 0.276 e. The molecule has 1 aromatic carbocycles. The first kappa shape index (κ1) is 16.6. The van der Waals surface area contributed by atoms with E-state index in [9.17, 15) is 4.79 Å². The summed E-state index contributed by atoms with van der Waals surface area (Å²) in [4.78, 5) is 14.8. The third-order valence-corrected chi connectivity index (χ3v) is 6.00. The molecule has 1 saturated heterocycles. The highest BCUT2D eigenvalue weighted by Gasteiger charge is 2.33. The van der Waals surface area contributed by atoms with Crippen LogP contribution in [0.25, 0.3) is 0 Å². The highest BCUT2D eigenvalue weighted by molar-refractivity contribution is 6.31. The van der Waals surface area contributed by atoms with E-state index in [0.29, 0.717) is 23.2 Å². The van der Waals surface area contributed by atoms with Crippen LogP contribution in [0.4, 0.5) is 0 Å². The maximum atomic E-state index is 12.8. The van der Waals surface area contributed by atoms with Crippen LogP contribution in [-0.4, -0.2) is 38.9 Å². The van der Waals surface area contributed by atoms with Gasteiger partial charge >= 0.3 is 0 Å². The Kier molecular flexibility index (Phi) is 4.75. The molecule has 0 unspecified atom stereocenters. The first-order chi connectivity index (χ1) is 12.2. The standard InChI is InChI=1S/C19H23ClN4O/c20-17-8-4-3-7-16(17)12-24-13-18(21-22-24)19(25)23-10-9-14-5-1-2-6-15(14)11-23/h3-4,7-8,13-15H,1-2,5-6,9-12H2/t14-,15-/m0/s1. The van der Waals surface area contributed by atoms with E-state index in [2.05, 4.69) is 10.3 Å². The number of carbonyl (C=O) groups excluding carboxylic acids is 1. The molecule has 5 nitrogen and oxygen atoms in total. The quantitative estimate of drug-likeness (QED) is 0.841. The summed E-state index contributed by atoms with van der Waals surface area (Å²) in [5.74, 6) is 1.49. The van der Waals surface area contributed by atoms with Crippen molar-refractivity contribution in [1.82, 2.24) is 19.9 Å². The van der Waals surface area contributed by atoms with Gasteiger partial charge < -0.3 is 4.90 Å². The van der Waals surface area contributed by atoms with E-state index in [4.69, 9.17) is 11.6 Å². The molecule has 1 aliphatic heterocycles. The first-order valence-electron chi connectivity index (χ1n) is 9.13. The van der Waals surface area contributed by atoms with Crippen molar-refractivity contribution < 1.29 is 4.79 Å². The Labute approximate surface area is 153 Å². The summed E-state index contributed by atoms with van der Waals surface area (Å²) in [6, 6.07) is 7.66. The molecule has 2 atom stereocenters. The van der Waals surface area contributed by atoms with Crippen LogP contribution < -0.4 is 0 Å². The van der Waals surface area contributed by atoms with Gasteiger partial charge in [0, 0.05) is 18.1 Å². The monoisotopic (exact) mass is 358 g/mol. The molecule has 6 heteroatoms. The fraction of sp³-hybridized carbons (Fsp3) is 0.526. The van der Waals surface area contributed by atoms with Crippen LogP contribution in [0.2, 0.25) is 5.02 Å². The van der Waals surface area contributed by atoms with Crippen molar-refractivity contribution in [2.45, 2.75) is 38.6 Å². The number of hydrogen-bond acceptors (Lipinski definition) is 3. The number of piperidine rings is 1. The predicted molar refractivity (Wildman–Crippen MR) is 96.5 cm³/mol. The average Bonchev–Trinajstić information content (AvgIpc) is 3.11. The first-order valence-corrected chi connectivity index (χ1v) is 9.51. The van der Waals surface area contributed by atoms with Crippen LogP contribution in [0.15, 0.2) is 30.5 Å². The zero-order valence-corrected chi connectivity index (χ0v) is 15.0. The molecule has 2 aromatic rings. The third kappa shape index (κ3) is 3.56. The minimum absolute atomic E-state index is 0.00873. The summed E-state index contributed by atoms with van der Waals surface area (Å²) in [6.45, 7) is 2.24. The van der Waals surface area contributed by atoms with Gasteiger partial charge in [-0.25, -0.2) is 4.68 Å². The Morgan fingerprint density at radius 1 is 1.16 bits per heavy atom. The van der Waals surface area contributed by atoms with Crippen LogP contribution >= 0.6 is 11.6 Å². The number of rotatable bonds is 3. The van der Waals surface area contributed by atoms with Crippen molar-refractivity contribution in [2.75, 3.05) is 13.1 Å². The third-order valence-electron chi connectivity index (χ3n) is 5.63. The van der Waals surface area contributed by atoms with Crippen molar-refractivity contribution in [2.24, 2.45) is 11.8 Å². The molecule has 1 saturated carbocycles. The number of aromatic nitrogens is 3. The molecule has 2 fully saturated rings. The van der Waals surface area contributed by atoms with Gasteiger partial charge in [0.05, 0.1) is 12.7 Å². The summed E-state index contributed by atoms with van der Waals surface area (Å²) in [5.41, 5.74) is 1.40. The van der Waals surface area contributed by atoms with Gasteiger partial charge in [-0.05, 0) is 36.3 Å². The molecule has 1 aromatic heterocycles. The van der Waals surface area contributed by atoms with E-state index in [0.717, 1.165) is 31.0 Å². The van der Waals surface area contributed by atoms with E-state index in [1.54, 1.807) is 10.9 Å². The molecular weight excluding hydrogens is 336 g/mol. The lowest BCUT2D eigenvalue weighted by Crippen LogP contribution is -2.44. The van der Waals surface area contributed by atoms with Crippen LogP contribution in [-0.2, 0) is 6.54 Å². The number of carbonyl (C=O) groups is 1. The number of fused-ring (bicyclic) bond motifs is 1. The van der Waals surface area contributed by atoms with Gasteiger partial charge in [-0.1, -0.05) is 54.3 Å². The van der Waals surface area contributed by atoms with Crippen LogP contribution in [0.5, 0.6) is 0 Å². The van der Waals surface area contributed by atoms with E-state index < -0.39 is 0 Å². The van der Waals surface area contributed by atoms with Gasteiger partial charge in [-0.2, -0.15) is 0 Å². The molecule has 4 rings (SSSR count). The van der Waals surface area contributed by atoms with Crippen molar-refractivity contribution in [3.63, 3.8) is 0 Å². The number of benzene rings is 1. The Balaban J connectivity index is 1.43. The highest BCUT2D eigenvalue weighted by Crippen LogP contribution is 2.36. The maximum absolute atomic E-state index is 12.8. The van der Waals surface area contributed by atoms with E-state index in [1.165, 1.54) is 25.7 Å². The molecule has 2 heterocycles. The van der Waals surface area contributed by atoms with Crippen LogP contribution in [0.1, 0.15) is 48.2 Å². The van der Waals surface area contributed by atoms with E-state index >= 15 is 0 Å². The van der Waals surface area contributed by atoms with Crippen molar-refractivity contribution in [3.05, 3.63) is 46.7 Å². The zero-order chi connectivity index (χ0) is 17.2. The Morgan fingerprint density at radius 2 is 1.96 bits per heavy atom. The molecule has 0 N–H and O–H groups in total. The molecule has 0 spiro atoms. The summed E-state index contributed by atoms with van der Waals surface area (Å²) >= 11 is 6.19. The zero-order valence-electron chi connectivity index (χ0n) is 14.3. The number of likely N-dealkylation sites (tertiary alicyclic amines) is 1. The van der Waals surface area contributed by atoms with Gasteiger partial charge in [0.15, 0.2) is 5.69 Å². The van der Waals surface area contributed by atoms with Crippen molar-refractivity contribution >= 4 is 17.5 Å². The predicted octanol–water partition coefficient (Wildman–Crippen LogP) is 3.63. The molecule has 2 aliphatic rings. The Bertz CT molecular complexity index is 759. The lowest BCUT2D eigenvalue weighted by molar-refractivity contribution is 0.0515. The molecule has 0 bridgehead atoms. The summed E-state index contributed by atoms with van der Waals surface area (Å²) in [6.07, 6.45) is 8.11. The SMILES string of the molecule is O=C(c1cn(Cc2ccccc2Cl)nn1)N1CC[C@@H]2CCCC[C@H]2C1. The van der Waals surface area contributed by atoms with Crippen LogP contribution in [0.3, 0.4) is 0 Å². The second-order valence-corrected chi connectivity index (χ2v) is 7.64.